The molecule has 0 saturated carbocycles. The number of rotatable bonds is 8. The maximum Gasteiger partial charge on any atom is 0.346 e. The predicted octanol–water partition coefficient (Wildman–Crippen LogP) is 2.91. The molecule has 6 nitrogen and oxygen atoms in total. The number of carbonyl (C=O) groups excluding carboxylic acids is 2. The van der Waals surface area contributed by atoms with Crippen molar-refractivity contribution < 1.29 is 23.8 Å². The highest BCUT2D eigenvalue weighted by molar-refractivity contribution is 5.96. The maximum atomic E-state index is 12.4. The summed E-state index contributed by atoms with van der Waals surface area (Å²) < 4.78 is 15.6. The number of hydrogen-bond donors (Lipinski definition) is 0. The number of ether oxygens (including phenoxy) is 3. The summed E-state index contributed by atoms with van der Waals surface area (Å²) in [5, 5.41) is 0. The first-order valence-corrected chi connectivity index (χ1v) is 8.30. The molecule has 2 aromatic rings. The SMILES string of the molecule is CCN(Cc1ccccc1)C(=O)COC(=O)c1c(OC)cccc1OC. The summed E-state index contributed by atoms with van der Waals surface area (Å²) in [6.45, 7) is 2.52. The van der Waals surface area contributed by atoms with E-state index in [0.29, 0.717) is 24.6 Å². The van der Waals surface area contributed by atoms with Gasteiger partial charge in [0.2, 0.25) is 0 Å². The molecule has 0 heterocycles. The largest absolute Gasteiger partial charge is 0.496 e. The monoisotopic (exact) mass is 357 g/mol. The zero-order chi connectivity index (χ0) is 18.9. The van der Waals surface area contributed by atoms with Gasteiger partial charge in [0.1, 0.15) is 17.1 Å². The Morgan fingerprint density at radius 2 is 1.54 bits per heavy atom. The second-order valence-corrected chi connectivity index (χ2v) is 5.51. The van der Waals surface area contributed by atoms with Crippen molar-refractivity contribution in [1.29, 1.82) is 0 Å². The predicted molar refractivity (Wildman–Crippen MR) is 97.4 cm³/mol. The molecule has 6 heteroatoms. The Bertz CT molecular complexity index is 723. The molecule has 0 fully saturated rings. The fraction of sp³-hybridized carbons (Fsp3) is 0.300. The summed E-state index contributed by atoms with van der Waals surface area (Å²) >= 11 is 0. The number of esters is 1. The Hall–Kier alpha value is -3.02. The topological polar surface area (TPSA) is 65.1 Å². The fourth-order valence-electron chi connectivity index (χ4n) is 2.52. The van der Waals surface area contributed by atoms with Gasteiger partial charge in [-0.25, -0.2) is 4.79 Å². The molecule has 0 radical (unpaired) electrons. The maximum absolute atomic E-state index is 12.4. The molecule has 2 rings (SSSR count). The molecule has 1 amide bonds. The number of carbonyl (C=O) groups is 2. The summed E-state index contributed by atoms with van der Waals surface area (Å²) in [4.78, 5) is 26.5. The lowest BCUT2D eigenvalue weighted by atomic mass is 10.2. The Kier molecular flexibility index (Phi) is 7.02. The molecule has 0 aromatic heterocycles. The molecule has 138 valence electrons. The Morgan fingerprint density at radius 3 is 2.08 bits per heavy atom. The van der Waals surface area contributed by atoms with Gasteiger partial charge in [0.05, 0.1) is 14.2 Å². The van der Waals surface area contributed by atoms with Crippen molar-refractivity contribution >= 4 is 11.9 Å². The van der Waals surface area contributed by atoms with E-state index in [4.69, 9.17) is 14.2 Å². The van der Waals surface area contributed by atoms with Crippen LogP contribution in [0.2, 0.25) is 0 Å². The standard InChI is InChI=1S/C20H23NO5/c1-4-21(13-15-9-6-5-7-10-15)18(22)14-26-20(23)19-16(24-2)11-8-12-17(19)25-3/h5-12H,4,13-14H2,1-3H3. The third-order valence-corrected chi connectivity index (χ3v) is 3.91. The lowest BCUT2D eigenvalue weighted by Gasteiger charge is -2.21. The summed E-state index contributed by atoms with van der Waals surface area (Å²) in [7, 11) is 2.91. The van der Waals surface area contributed by atoms with E-state index in [9.17, 15) is 9.59 Å². The second kappa shape index (κ2) is 9.46. The first kappa shape index (κ1) is 19.3. The van der Waals surface area contributed by atoms with Crippen LogP contribution in [0.1, 0.15) is 22.8 Å². The van der Waals surface area contributed by atoms with E-state index in [2.05, 4.69) is 0 Å². The van der Waals surface area contributed by atoms with Crippen molar-refractivity contribution in [3.05, 3.63) is 59.7 Å². The summed E-state index contributed by atoms with van der Waals surface area (Å²) in [5.74, 6) is -0.265. The molecule has 0 bridgehead atoms. The van der Waals surface area contributed by atoms with Crippen LogP contribution in [-0.4, -0.2) is 44.1 Å². The van der Waals surface area contributed by atoms with Crippen molar-refractivity contribution in [3.8, 4) is 11.5 Å². The minimum absolute atomic E-state index is 0.163. The molecule has 2 aromatic carbocycles. The number of hydrogen-bond acceptors (Lipinski definition) is 5. The molecule has 26 heavy (non-hydrogen) atoms. The molecular formula is C20H23NO5. The van der Waals surface area contributed by atoms with Gasteiger partial charge < -0.3 is 19.1 Å². The Morgan fingerprint density at radius 1 is 0.923 bits per heavy atom. The number of benzene rings is 2. The van der Waals surface area contributed by atoms with E-state index in [0.717, 1.165) is 5.56 Å². The van der Waals surface area contributed by atoms with Crippen LogP contribution >= 0.6 is 0 Å². The molecular weight excluding hydrogens is 334 g/mol. The van der Waals surface area contributed by atoms with Crippen LogP contribution in [0.25, 0.3) is 0 Å². The second-order valence-electron chi connectivity index (χ2n) is 5.51. The van der Waals surface area contributed by atoms with Gasteiger partial charge in [-0.3, -0.25) is 4.79 Å². The van der Waals surface area contributed by atoms with Gasteiger partial charge in [-0.05, 0) is 24.6 Å². The van der Waals surface area contributed by atoms with Crippen LogP contribution in [-0.2, 0) is 16.1 Å². The van der Waals surface area contributed by atoms with E-state index >= 15 is 0 Å². The van der Waals surface area contributed by atoms with E-state index in [1.165, 1.54) is 14.2 Å². The van der Waals surface area contributed by atoms with Gasteiger partial charge in [-0.15, -0.1) is 0 Å². The number of nitrogens with zero attached hydrogens (tertiary/aromatic N) is 1. The first-order chi connectivity index (χ1) is 12.6. The molecule has 0 atom stereocenters. The normalized spacial score (nSPS) is 10.1. The zero-order valence-electron chi connectivity index (χ0n) is 15.2. The number of methoxy groups -OCH3 is 2. The number of likely N-dealkylation sites (N-methyl/N-ethyl adjacent to an activating group) is 1. The third-order valence-electron chi connectivity index (χ3n) is 3.91. The van der Waals surface area contributed by atoms with Crippen molar-refractivity contribution in [2.75, 3.05) is 27.4 Å². The van der Waals surface area contributed by atoms with Crippen molar-refractivity contribution in [3.63, 3.8) is 0 Å². The minimum atomic E-state index is -0.664. The average Bonchev–Trinajstić information content (AvgIpc) is 2.69. The average molecular weight is 357 g/mol. The van der Waals surface area contributed by atoms with Crippen LogP contribution in [0.15, 0.2) is 48.5 Å². The van der Waals surface area contributed by atoms with Gasteiger partial charge in [-0.1, -0.05) is 36.4 Å². The Labute approximate surface area is 153 Å². The minimum Gasteiger partial charge on any atom is -0.496 e. The fourth-order valence-corrected chi connectivity index (χ4v) is 2.52. The zero-order valence-corrected chi connectivity index (χ0v) is 15.2. The molecule has 0 unspecified atom stereocenters. The van der Waals surface area contributed by atoms with Gasteiger partial charge in [0.15, 0.2) is 6.61 Å². The van der Waals surface area contributed by atoms with Crippen LogP contribution in [0.3, 0.4) is 0 Å². The number of amides is 1. The van der Waals surface area contributed by atoms with Gasteiger partial charge in [0.25, 0.3) is 5.91 Å². The highest BCUT2D eigenvalue weighted by atomic mass is 16.5. The highest BCUT2D eigenvalue weighted by Gasteiger charge is 2.22. The van der Waals surface area contributed by atoms with E-state index in [1.54, 1.807) is 23.1 Å². The first-order valence-electron chi connectivity index (χ1n) is 8.30. The smallest absolute Gasteiger partial charge is 0.346 e. The molecule has 0 spiro atoms. The molecule has 0 aliphatic rings. The van der Waals surface area contributed by atoms with Crippen molar-refractivity contribution in [2.45, 2.75) is 13.5 Å². The van der Waals surface area contributed by atoms with Crippen LogP contribution < -0.4 is 9.47 Å². The van der Waals surface area contributed by atoms with Crippen molar-refractivity contribution in [1.82, 2.24) is 4.90 Å². The quantitative estimate of drug-likeness (QED) is 0.680. The molecule has 0 aliphatic carbocycles. The van der Waals surface area contributed by atoms with E-state index in [-0.39, 0.29) is 18.1 Å². The van der Waals surface area contributed by atoms with Crippen LogP contribution in [0.5, 0.6) is 11.5 Å². The van der Waals surface area contributed by atoms with E-state index in [1.807, 2.05) is 37.3 Å². The third kappa shape index (κ3) is 4.75. The summed E-state index contributed by atoms with van der Waals surface area (Å²) in [5.41, 5.74) is 1.18. The summed E-state index contributed by atoms with van der Waals surface area (Å²) in [6, 6.07) is 14.6. The molecule has 0 aliphatic heterocycles. The van der Waals surface area contributed by atoms with E-state index < -0.39 is 5.97 Å². The van der Waals surface area contributed by atoms with Crippen molar-refractivity contribution in [2.24, 2.45) is 0 Å². The molecule has 0 saturated heterocycles. The molecule has 0 N–H and O–H groups in total. The lowest BCUT2D eigenvalue weighted by molar-refractivity contribution is -0.135. The van der Waals surface area contributed by atoms with Gasteiger partial charge in [-0.2, -0.15) is 0 Å². The van der Waals surface area contributed by atoms with Crippen LogP contribution in [0, 0.1) is 0 Å². The summed E-state index contributed by atoms with van der Waals surface area (Å²) in [6.07, 6.45) is 0. The van der Waals surface area contributed by atoms with Gasteiger partial charge in [0, 0.05) is 13.1 Å². The highest BCUT2D eigenvalue weighted by Crippen LogP contribution is 2.28. The Balaban J connectivity index is 2.03. The lowest BCUT2D eigenvalue weighted by Crippen LogP contribution is -2.34. The van der Waals surface area contributed by atoms with Crippen LogP contribution in [0.4, 0.5) is 0 Å². The van der Waals surface area contributed by atoms with Gasteiger partial charge >= 0.3 is 5.97 Å².